The molecule has 0 unspecified atom stereocenters. The van der Waals surface area contributed by atoms with Gasteiger partial charge in [-0.25, -0.2) is 4.79 Å². The lowest BCUT2D eigenvalue weighted by Crippen LogP contribution is -2.38. The standard InChI is InChI=1S/C19H23NO4/c1-10-6-7-14(24-10)17-15(18(22)23-5)11(2)20-12-8-19(3,4)9-13(21)16(12)17/h6-7,17,20H,8-9H2,1-5H3/t17-/m1/s1. The number of rotatable bonds is 2. The van der Waals surface area contributed by atoms with E-state index in [-0.39, 0.29) is 11.2 Å². The Morgan fingerprint density at radius 2 is 2.00 bits per heavy atom. The molecule has 3 rings (SSSR count). The summed E-state index contributed by atoms with van der Waals surface area (Å²) in [5.74, 6) is 0.460. The number of ether oxygens (including phenoxy) is 1. The number of carbonyl (C=O) groups excluding carboxylic acids is 2. The van der Waals surface area contributed by atoms with Crippen molar-refractivity contribution in [2.75, 3.05) is 7.11 Å². The number of dihydropyridines is 1. The summed E-state index contributed by atoms with van der Waals surface area (Å²) in [4.78, 5) is 25.3. The van der Waals surface area contributed by atoms with E-state index in [0.717, 1.165) is 17.9 Å². The second-order valence-electron chi connectivity index (χ2n) is 7.37. The molecule has 5 heteroatoms. The molecule has 0 saturated heterocycles. The average Bonchev–Trinajstić information content (AvgIpc) is 2.90. The van der Waals surface area contributed by atoms with Crippen molar-refractivity contribution in [1.29, 1.82) is 0 Å². The molecule has 0 aromatic carbocycles. The van der Waals surface area contributed by atoms with Gasteiger partial charge >= 0.3 is 5.97 Å². The number of nitrogens with one attached hydrogen (secondary N) is 1. The van der Waals surface area contributed by atoms with Crippen LogP contribution < -0.4 is 5.32 Å². The number of hydrogen-bond donors (Lipinski definition) is 1. The molecule has 0 saturated carbocycles. The van der Waals surface area contributed by atoms with Gasteiger partial charge in [0.15, 0.2) is 5.78 Å². The van der Waals surface area contributed by atoms with E-state index in [1.54, 1.807) is 0 Å². The molecule has 0 radical (unpaired) electrons. The number of esters is 1. The molecule has 0 fully saturated rings. The van der Waals surface area contributed by atoms with Crippen LogP contribution in [0.25, 0.3) is 0 Å². The lowest BCUT2D eigenvalue weighted by Gasteiger charge is -2.38. The van der Waals surface area contributed by atoms with Crippen LogP contribution >= 0.6 is 0 Å². The lowest BCUT2D eigenvalue weighted by molar-refractivity contribution is -0.136. The van der Waals surface area contributed by atoms with E-state index in [1.807, 2.05) is 26.0 Å². The number of hydrogen-bond acceptors (Lipinski definition) is 5. The van der Waals surface area contributed by atoms with Crippen molar-refractivity contribution in [2.24, 2.45) is 5.41 Å². The first-order valence-corrected chi connectivity index (χ1v) is 8.12. The second kappa shape index (κ2) is 5.65. The SMILES string of the molecule is COC(=O)C1=C(C)NC2=C(C(=O)CC(C)(C)C2)[C@@H]1c1ccc(C)o1. The van der Waals surface area contributed by atoms with Crippen LogP contribution in [0.5, 0.6) is 0 Å². The maximum atomic E-state index is 12.9. The fourth-order valence-corrected chi connectivity index (χ4v) is 3.71. The Morgan fingerprint density at radius 3 is 2.58 bits per heavy atom. The summed E-state index contributed by atoms with van der Waals surface area (Å²) in [6.07, 6.45) is 1.22. The molecule has 1 N–H and O–H groups in total. The van der Waals surface area contributed by atoms with E-state index in [1.165, 1.54) is 7.11 Å². The Labute approximate surface area is 141 Å². The van der Waals surface area contributed by atoms with Crippen LogP contribution in [0, 0.1) is 12.3 Å². The van der Waals surface area contributed by atoms with Crippen molar-refractivity contribution in [1.82, 2.24) is 5.32 Å². The first-order chi connectivity index (χ1) is 11.2. The van der Waals surface area contributed by atoms with E-state index in [0.29, 0.717) is 29.0 Å². The van der Waals surface area contributed by atoms with Gasteiger partial charge in [0.25, 0.3) is 0 Å². The Hall–Kier alpha value is -2.30. The molecule has 0 amide bonds. The van der Waals surface area contributed by atoms with Gasteiger partial charge in [-0.3, -0.25) is 4.79 Å². The zero-order valence-electron chi connectivity index (χ0n) is 14.8. The molecule has 128 valence electrons. The third-order valence-electron chi connectivity index (χ3n) is 4.69. The molecule has 1 aliphatic carbocycles. The average molecular weight is 329 g/mol. The lowest BCUT2D eigenvalue weighted by atomic mass is 9.69. The van der Waals surface area contributed by atoms with E-state index >= 15 is 0 Å². The highest BCUT2D eigenvalue weighted by molar-refractivity contribution is 6.03. The monoisotopic (exact) mass is 329 g/mol. The molecular weight excluding hydrogens is 306 g/mol. The van der Waals surface area contributed by atoms with Crippen LogP contribution in [0.15, 0.2) is 39.1 Å². The van der Waals surface area contributed by atoms with E-state index in [2.05, 4.69) is 19.2 Å². The molecule has 5 nitrogen and oxygen atoms in total. The van der Waals surface area contributed by atoms with Crippen molar-refractivity contribution >= 4 is 11.8 Å². The highest BCUT2D eigenvalue weighted by Crippen LogP contribution is 2.46. The molecule has 0 spiro atoms. The van der Waals surface area contributed by atoms with Gasteiger partial charge in [-0.05, 0) is 37.8 Å². The molecule has 1 atom stereocenters. The zero-order valence-corrected chi connectivity index (χ0v) is 14.8. The summed E-state index contributed by atoms with van der Waals surface area (Å²) in [6.45, 7) is 7.85. The summed E-state index contributed by atoms with van der Waals surface area (Å²) >= 11 is 0. The first kappa shape index (κ1) is 16.6. The topological polar surface area (TPSA) is 68.5 Å². The molecule has 2 aliphatic rings. The van der Waals surface area contributed by atoms with Crippen LogP contribution in [0.3, 0.4) is 0 Å². The minimum absolute atomic E-state index is 0.0571. The predicted octanol–water partition coefficient (Wildman–Crippen LogP) is 3.37. The Morgan fingerprint density at radius 1 is 1.29 bits per heavy atom. The van der Waals surface area contributed by atoms with Gasteiger partial charge in [0.2, 0.25) is 0 Å². The molecule has 1 aromatic rings. The number of ketones is 1. The van der Waals surface area contributed by atoms with Gasteiger partial charge in [-0.1, -0.05) is 13.8 Å². The van der Waals surface area contributed by atoms with E-state index < -0.39 is 11.9 Å². The van der Waals surface area contributed by atoms with Crippen molar-refractivity contribution in [3.63, 3.8) is 0 Å². The summed E-state index contributed by atoms with van der Waals surface area (Å²) in [7, 11) is 1.35. The number of aryl methyl sites for hydroxylation is 1. The maximum absolute atomic E-state index is 12.9. The summed E-state index contributed by atoms with van der Waals surface area (Å²) in [5.41, 5.74) is 2.58. The Balaban J connectivity index is 2.18. The number of Topliss-reactive ketones (excluding diaryl/α,β-unsaturated/α-hetero) is 1. The van der Waals surface area contributed by atoms with Crippen LogP contribution in [0.2, 0.25) is 0 Å². The maximum Gasteiger partial charge on any atom is 0.336 e. The van der Waals surface area contributed by atoms with Crippen molar-refractivity contribution < 1.29 is 18.7 Å². The van der Waals surface area contributed by atoms with Crippen molar-refractivity contribution in [2.45, 2.75) is 46.5 Å². The van der Waals surface area contributed by atoms with Crippen LogP contribution in [-0.2, 0) is 14.3 Å². The normalized spacial score (nSPS) is 23.0. The molecule has 24 heavy (non-hydrogen) atoms. The van der Waals surface area contributed by atoms with Crippen LogP contribution in [-0.4, -0.2) is 18.9 Å². The van der Waals surface area contributed by atoms with Gasteiger partial charge in [0.05, 0.1) is 18.6 Å². The fourth-order valence-electron chi connectivity index (χ4n) is 3.71. The van der Waals surface area contributed by atoms with Crippen molar-refractivity contribution in [3.05, 3.63) is 46.2 Å². The van der Waals surface area contributed by atoms with Crippen LogP contribution in [0.1, 0.15) is 51.1 Å². The van der Waals surface area contributed by atoms with E-state index in [9.17, 15) is 9.59 Å². The second-order valence-corrected chi connectivity index (χ2v) is 7.37. The third kappa shape index (κ3) is 2.68. The van der Waals surface area contributed by atoms with Crippen molar-refractivity contribution in [3.8, 4) is 0 Å². The van der Waals surface area contributed by atoms with Gasteiger partial charge in [0.1, 0.15) is 11.5 Å². The first-order valence-electron chi connectivity index (χ1n) is 8.12. The Kier molecular flexibility index (Phi) is 3.90. The quantitative estimate of drug-likeness (QED) is 0.843. The van der Waals surface area contributed by atoms with Gasteiger partial charge in [-0.2, -0.15) is 0 Å². The number of carbonyl (C=O) groups is 2. The number of furan rings is 1. The molecule has 1 aliphatic heterocycles. The number of allylic oxidation sites excluding steroid dienone is 3. The van der Waals surface area contributed by atoms with E-state index in [4.69, 9.17) is 9.15 Å². The fraction of sp³-hybridized carbons (Fsp3) is 0.474. The summed E-state index contributed by atoms with van der Waals surface area (Å²) < 4.78 is 10.8. The molecule has 2 heterocycles. The van der Waals surface area contributed by atoms with Gasteiger partial charge in [0, 0.05) is 23.4 Å². The predicted molar refractivity (Wildman–Crippen MR) is 89.1 cm³/mol. The van der Waals surface area contributed by atoms with Crippen LogP contribution in [0.4, 0.5) is 0 Å². The summed E-state index contributed by atoms with van der Waals surface area (Å²) in [6, 6.07) is 3.68. The number of methoxy groups -OCH3 is 1. The minimum Gasteiger partial charge on any atom is -0.466 e. The molecule has 0 bridgehead atoms. The molecular formula is C19H23NO4. The zero-order chi connectivity index (χ0) is 17.6. The highest BCUT2D eigenvalue weighted by atomic mass is 16.5. The summed E-state index contributed by atoms with van der Waals surface area (Å²) in [5, 5.41) is 3.27. The van der Waals surface area contributed by atoms with Gasteiger partial charge < -0.3 is 14.5 Å². The molecule has 1 aromatic heterocycles. The third-order valence-corrected chi connectivity index (χ3v) is 4.69. The smallest absolute Gasteiger partial charge is 0.336 e. The largest absolute Gasteiger partial charge is 0.466 e. The van der Waals surface area contributed by atoms with Gasteiger partial charge in [-0.15, -0.1) is 0 Å². The highest BCUT2D eigenvalue weighted by Gasteiger charge is 2.44. The minimum atomic E-state index is -0.508. The Bertz CT molecular complexity index is 779.